The largest absolute Gasteiger partial charge is 0.455 e. The predicted molar refractivity (Wildman–Crippen MR) is 156 cm³/mol. The molecule has 0 spiro atoms. The Bertz CT molecular complexity index is 1880. The first-order valence-corrected chi connectivity index (χ1v) is 12.9. The van der Waals surface area contributed by atoms with Gasteiger partial charge in [-0.15, -0.1) is 0 Å². The van der Waals surface area contributed by atoms with Gasteiger partial charge < -0.3 is 8.83 Å². The Hall–Kier alpha value is -4.18. The van der Waals surface area contributed by atoms with E-state index in [2.05, 4.69) is 41.5 Å². The molecule has 4 nitrogen and oxygen atoms in total. The van der Waals surface area contributed by atoms with Crippen molar-refractivity contribution < 1.29 is 8.83 Å². The van der Waals surface area contributed by atoms with Crippen LogP contribution in [-0.2, 0) is 10.8 Å². The maximum Gasteiger partial charge on any atom is 0.200 e. The lowest BCUT2D eigenvalue weighted by Gasteiger charge is -2.19. The zero-order valence-corrected chi connectivity index (χ0v) is 22.6. The molecule has 190 valence electrons. The van der Waals surface area contributed by atoms with E-state index in [1.54, 1.807) is 12.1 Å². The average Bonchev–Trinajstić information content (AvgIpc) is 2.87. The molecule has 0 fully saturated rings. The van der Waals surface area contributed by atoms with Crippen molar-refractivity contribution in [1.82, 2.24) is 0 Å². The van der Waals surface area contributed by atoms with Gasteiger partial charge in [-0.3, -0.25) is 9.59 Å². The van der Waals surface area contributed by atoms with Crippen molar-refractivity contribution in [2.45, 2.75) is 52.4 Å². The Morgan fingerprint density at radius 2 is 0.895 bits per heavy atom. The van der Waals surface area contributed by atoms with Crippen LogP contribution in [0.5, 0.6) is 0 Å². The second kappa shape index (κ2) is 8.16. The van der Waals surface area contributed by atoms with Crippen molar-refractivity contribution in [1.29, 1.82) is 0 Å². The van der Waals surface area contributed by atoms with Crippen molar-refractivity contribution in [2.24, 2.45) is 0 Å². The fraction of sp³-hybridized carbons (Fsp3) is 0.235. The standard InChI is InChI=1S/C34H30O4/c1-33(2,3)19-13-15-27-25(17-19)29(35)23-11-7-9-21(31(23)37-27)22-10-8-12-24-30(36)26-18-20(34(4,5)6)14-16-28(26)38-32(22)24/h7-18H,1-6H3. The summed E-state index contributed by atoms with van der Waals surface area (Å²) in [7, 11) is 0. The zero-order valence-electron chi connectivity index (χ0n) is 22.6. The quantitative estimate of drug-likeness (QED) is 0.212. The lowest BCUT2D eigenvalue weighted by atomic mass is 9.86. The number of hydrogen-bond acceptors (Lipinski definition) is 4. The number of benzene rings is 4. The van der Waals surface area contributed by atoms with E-state index in [0.29, 0.717) is 55.0 Å². The highest BCUT2D eigenvalue weighted by Crippen LogP contribution is 2.36. The van der Waals surface area contributed by atoms with Crippen molar-refractivity contribution in [3.8, 4) is 11.1 Å². The number of hydrogen-bond donors (Lipinski definition) is 0. The van der Waals surface area contributed by atoms with Crippen LogP contribution in [0.25, 0.3) is 55.0 Å². The molecule has 0 atom stereocenters. The molecule has 0 amide bonds. The average molecular weight is 503 g/mol. The van der Waals surface area contributed by atoms with Crippen LogP contribution in [0.3, 0.4) is 0 Å². The van der Waals surface area contributed by atoms with Crippen LogP contribution in [0.15, 0.2) is 91.2 Å². The van der Waals surface area contributed by atoms with Gasteiger partial charge in [0.05, 0.1) is 21.5 Å². The minimum absolute atomic E-state index is 0.0731. The van der Waals surface area contributed by atoms with E-state index in [9.17, 15) is 9.59 Å². The first-order chi connectivity index (χ1) is 17.9. The molecule has 6 aromatic rings. The molecule has 2 aromatic heterocycles. The third-order valence-corrected chi connectivity index (χ3v) is 7.41. The van der Waals surface area contributed by atoms with E-state index < -0.39 is 0 Å². The highest BCUT2D eigenvalue weighted by Gasteiger charge is 2.21. The molecule has 0 saturated heterocycles. The smallest absolute Gasteiger partial charge is 0.200 e. The molecule has 2 heterocycles. The molecule has 4 aromatic carbocycles. The van der Waals surface area contributed by atoms with E-state index in [1.165, 1.54) is 0 Å². The van der Waals surface area contributed by atoms with Crippen LogP contribution in [0.2, 0.25) is 0 Å². The SMILES string of the molecule is CC(C)(C)c1ccc2oc3c(-c4cccc5c(=O)c6cc(C(C)(C)C)ccc6oc45)cccc3c(=O)c2c1. The Balaban J connectivity index is 1.65. The summed E-state index contributed by atoms with van der Waals surface area (Å²) in [6.07, 6.45) is 0. The molecule has 0 bridgehead atoms. The molecule has 0 N–H and O–H groups in total. The van der Waals surface area contributed by atoms with Gasteiger partial charge in [0.25, 0.3) is 0 Å². The number of para-hydroxylation sites is 2. The summed E-state index contributed by atoms with van der Waals surface area (Å²) in [6.45, 7) is 12.7. The van der Waals surface area contributed by atoms with Gasteiger partial charge in [0.1, 0.15) is 22.3 Å². The van der Waals surface area contributed by atoms with Gasteiger partial charge in [-0.2, -0.15) is 0 Å². The summed E-state index contributed by atoms with van der Waals surface area (Å²) in [5.41, 5.74) is 5.26. The topological polar surface area (TPSA) is 60.4 Å². The molecule has 4 heteroatoms. The minimum atomic E-state index is -0.0889. The monoisotopic (exact) mass is 502 g/mol. The maximum atomic E-state index is 13.6. The van der Waals surface area contributed by atoms with Crippen LogP contribution in [0.4, 0.5) is 0 Å². The molecule has 0 aliphatic carbocycles. The van der Waals surface area contributed by atoms with Gasteiger partial charge in [-0.05, 0) is 58.4 Å². The Labute approximate surface area is 220 Å². The summed E-state index contributed by atoms with van der Waals surface area (Å²) in [5, 5.41) is 2.12. The van der Waals surface area contributed by atoms with E-state index in [1.807, 2.05) is 60.7 Å². The van der Waals surface area contributed by atoms with E-state index in [-0.39, 0.29) is 21.7 Å². The third kappa shape index (κ3) is 3.75. The molecule has 0 aliphatic heterocycles. The Kier molecular flexibility index (Phi) is 5.19. The first kappa shape index (κ1) is 24.2. The summed E-state index contributed by atoms with van der Waals surface area (Å²) in [4.78, 5) is 27.2. The molecule has 38 heavy (non-hydrogen) atoms. The Morgan fingerprint density at radius 1 is 0.500 bits per heavy atom. The fourth-order valence-corrected chi connectivity index (χ4v) is 5.11. The molecule has 0 unspecified atom stereocenters. The second-order valence-corrected chi connectivity index (χ2v) is 12.1. The van der Waals surface area contributed by atoms with Crippen LogP contribution in [0, 0.1) is 0 Å². The number of fused-ring (bicyclic) bond motifs is 4. The molecule has 6 rings (SSSR count). The van der Waals surface area contributed by atoms with Crippen LogP contribution >= 0.6 is 0 Å². The van der Waals surface area contributed by atoms with Gasteiger partial charge in [0.15, 0.2) is 0 Å². The molecule has 0 radical (unpaired) electrons. The number of rotatable bonds is 1. The molecular formula is C34H30O4. The second-order valence-electron chi connectivity index (χ2n) is 12.1. The summed E-state index contributed by atoms with van der Waals surface area (Å²) in [6, 6.07) is 22.7. The summed E-state index contributed by atoms with van der Waals surface area (Å²) >= 11 is 0. The lowest BCUT2D eigenvalue weighted by Crippen LogP contribution is -2.12. The van der Waals surface area contributed by atoms with Gasteiger partial charge >= 0.3 is 0 Å². The summed E-state index contributed by atoms with van der Waals surface area (Å²) < 4.78 is 12.8. The highest BCUT2D eigenvalue weighted by atomic mass is 16.3. The predicted octanol–water partition coefficient (Wildman–Crippen LogP) is 8.47. The van der Waals surface area contributed by atoms with Crippen molar-refractivity contribution in [3.63, 3.8) is 0 Å². The van der Waals surface area contributed by atoms with Crippen LogP contribution < -0.4 is 10.9 Å². The van der Waals surface area contributed by atoms with Crippen molar-refractivity contribution in [2.75, 3.05) is 0 Å². The van der Waals surface area contributed by atoms with Gasteiger partial charge in [0.2, 0.25) is 10.9 Å². The zero-order chi connectivity index (χ0) is 27.0. The van der Waals surface area contributed by atoms with Gasteiger partial charge in [-0.1, -0.05) is 77.9 Å². The first-order valence-electron chi connectivity index (χ1n) is 12.9. The van der Waals surface area contributed by atoms with Crippen LogP contribution in [0.1, 0.15) is 52.7 Å². The normalized spacial score (nSPS) is 12.7. The lowest BCUT2D eigenvalue weighted by molar-refractivity contribution is 0.589. The van der Waals surface area contributed by atoms with Gasteiger partial charge in [-0.25, -0.2) is 0 Å². The van der Waals surface area contributed by atoms with Gasteiger partial charge in [0, 0.05) is 11.1 Å². The van der Waals surface area contributed by atoms with Crippen molar-refractivity contribution in [3.05, 3.63) is 104 Å². The van der Waals surface area contributed by atoms with E-state index in [0.717, 1.165) is 11.1 Å². The molecule has 0 aliphatic rings. The molecular weight excluding hydrogens is 472 g/mol. The van der Waals surface area contributed by atoms with Crippen molar-refractivity contribution >= 4 is 43.9 Å². The Morgan fingerprint density at radius 3 is 1.26 bits per heavy atom. The minimum Gasteiger partial charge on any atom is -0.455 e. The maximum absolute atomic E-state index is 13.6. The van der Waals surface area contributed by atoms with Crippen LogP contribution in [-0.4, -0.2) is 0 Å². The molecule has 0 saturated carbocycles. The summed E-state index contributed by atoms with van der Waals surface area (Å²) in [5.74, 6) is 0. The van der Waals surface area contributed by atoms with E-state index in [4.69, 9.17) is 8.83 Å². The fourth-order valence-electron chi connectivity index (χ4n) is 5.11. The third-order valence-electron chi connectivity index (χ3n) is 7.41. The highest BCUT2D eigenvalue weighted by molar-refractivity contribution is 6.04. The van der Waals surface area contributed by atoms with E-state index >= 15 is 0 Å².